The average molecular weight is 264 g/mol. The standard InChI is InChI=1S/C14H11ClFNO/c1-17(12-6-3-5-11(16)8-12)14-10(9-18)4-2-7-13(14)15/h2-9H,1H3. The van der Waals surface area contributed by atoms with Crippen LogP contribution < -0.4 is 4.90 Å². The fourth-order valence-electron chi connectivity index (χ4n) is 1.79. The van der Waals surface area contributed by atoms with E-state index in [0.717, 1.165) is 6.29 Å². The van der Waals surface area contributed by atoms with Gasteiger partial charge in [0.1, 0.15) is 5.82 Å². The molecule has 0 saturated heterocycles. The maximum Gasteiger partial charge on any atom is 0.152 e. The maximum absolute atomic E-state index is 13.2. The third kappa shape index (κ3) is 2.36. The van der Waals surface area contributed by atoms with Gasteiger partial charge in [0.2, 0.25) is 0 Å². The zero-order chi connectivity index (χ0) is 13.1. The molecule has 2 aromatic carbocycles. The van der Waals surface area contributed by atoms with Crippen LogP contribution in [0.1, 0.15) is 10.4 Å². The summed E-state index contributed by atoms with van der Waals surface area (Å²) in [7, 11) is 1.74. The number of halogens is 2. The molecular weight excluding hydrogens is 253 g/mol. The van der Waals surface area contributed by atoms with Gasteiger partial charge < -0.3 is 4.90 Å². The molecule has 2 nitrogen and oxygen atoms in total. The molecule has 2 aromatic rings. The quantitative estimate of drug-likeness (QED) is 0.779. The van der Waals surface area contributed by atoms with E-state index in [1.165, 1.54) is 12.1 Å². The summed E-state index contributed by atoms with van der Waals surface area (Å²) in [4.78, 5) is 12.7. The van der Waals surface area contributed by atoms with E-state index in [4.69, 9.17) is 11.6 Å². The SMILES string of the molecule is CN(c1cccc(F)c1)c1c(Cl)cccc1C=O. The molecule has 0 saturated carbocycles. The van der Waals surface area contributed by atoms with Crippen LogP contribution in [-0.4, -0.2) is 13.3 Å². The van der Waals surface area contributed by atoms with Crippen LogP contribution in [0.25, 0.3) is 0 Å². The summed E-state index contributed by atoms with van der Waals surface area (Å²) in [5, 5.41) is 0.450. The summed E-state index contributed by atoms with van der Waals surface area (Å²) in [6.45, 7) is 0. The lowest BCUT2D eigenvalue weighted by Gasteiger charge is -2.22. The van der Waals surface area contributed by atoms with E-state index in [1.807, 2.05) is 0 Å². The summed E-state index contributed by atoms with van der Waals surface area (Å²) in [5.74, 6) is -0.334. The van der Waals surface area contributed by atoms with Crippen molar-refractivity contribution in [1.82, 2.24) is 0 Å². The molecule has 2 rings (SSSR count). The Morgan fingerprint density at radius 3 is 2.61 bits per heavy atom. The Labute approximate surface area is 110 Å². The number of carbonyl (C=O) groups is 1. The fraction of sp³-hybridized carbons (Fsp3) is 0.0714. The molecule has 0 radical (unpaired) electrons. The first-order valence-electron chi connectivity index (χ1n) is 5.36. The molecule has 0 amide bonds. The number of hydrogen-bond acceptors (Lipinski definition) is 2. The molecule has 0 N–H and O–H groups in total. The van der Waals surface area contributed by atoms with Crippen molar-refractivity contribution in [3.8, 4) is 0 Å². The van der Waals surface area contributed by atoms with E-state index in [-0.39, 0.29) is 5.82 Å². The molecule has 0 atom stereocenters. The lowest BCUT2D eigenvalue weighted by molar-refractivity contribution is 0.112. The van der Waals surface area contributed by atoms with Gasteiger partial charge in [-0.2, -0.15) is 0 Å². The van der Waals surface area contributed by atoms with Gasteiger partial charge in [-0.05, 0) is 30.3 Å². The van der Waals surface area contributed by atoms with Crippen molar-refractivity contribution >= 4 is 29.3 Å². The third-order valence-electron chi connectivity index (χ3n) is 2.68. The minimum absolute atomic E-state index is 0.334. The number of aldehydes is 1. The number of anilines is 2. The second kappa shape index (κ2) is 5.19. The summed E-state index contributed by atoms with van der Waals surface area (Å²) in [5.41, 5.74) is 1.67. The van der Waals surface area contributed by atoms with E-state index >= 15 is 0 Å². The van der Waals surface area contributed by atoms with Gasteiger partial charge in [0.05, 0.1) is 10.7 Å². The highest BCUT2D eigenvalue weighted by Crippen LogP contribution is 2.33. The Morgan fingerprint density at radius 1 is 1.22 bits per heavy atom. The fourth-order valence-corrected chi connectivity index (χ4v) is 2.10. The predicted molar refractivity (Wildman–Crippen MR) is 71.3 cm³/mol. The first-order chi connectivity index (χ1) is 8.63. The van der Waals surface area contributed by atoms with Crippen LogP contribution in [0.3, 0.4) is 0 Å². The number of carbonyl (C=O) groups excluding carboxylic acids is 1. The third-order valence-corrected chi connectivity index (χ3v) is 2.98. The van der Waals surface area contributed by atoms with Crippen LogP contribution in [-0.2, 0) is 0 Å². The van der Waals surface area contributed by atoms with Gasteiger partial charge in [-0.25, -0.2) is 4.39 Å². The minimum atomic E-state index is -0.334. The summed E-state index contributed by atoms with van der Waals surface area (Å²) in [6, 6.07) is 11.2. The number of rotatable bonds is 3. The highest BCUT2D eigenvalue weighted by atomic mass is 35.5. The van der Waals surface area contributed by atoms with E-state index < -0.39 is 0 Å². The molecule has 0 aliphatic heterocycles. The molecule has 0 fully saturated rings. The van der Waals surface area contributed by atoms with Crippen molar-refractivity contribution in [2.45, 2.75) is 0 Å². The van der Waals surface area contributed by atoms with Crippen LogP contribution >= 0.6 is 11.6 Å². The first kappa shape index (κ1) is 12.6. The second-order valence-electron chi connectivity index (χ2n) is 3.83. The number of para-hydroxylation sites is 1. The summed E-state index contributed by atoms with van der Waals surface area (Å²) < 4.78 is 13.2. The molecule has 0 aliphatic rings. The van der Waals surface area contributed by atoms with Gasteiger partial charge in [0, 0.05) is 18.3 Å². The average Bonchev–Trinajstić information content (AvgIpc) is 2.37. The van der Waals surface area contributed by atoms with E-state index in [2.05, 4.69) is 0 Å². The maximum atomic E-state index is 13.2. The van der Waals surface area contributed by atoms with Crippen LogP contribution in [0.15, 0.2) is 42.5 Å². The van der Waals surface area contributed by atoms with Crippen LogP contribution in [0.2, 0.25) is 5.02 Å². The molecule has 0 spiro atoms. The molecule has 92 valence electrons. The van der Waals surface area contributed by atoms with Gasteiger partial charge in [-0.1, -0.05) is 23.7 Å². The lowest BCUT2D eigenvalue weighted by atomic mass is 10.1. The largest absolute Gasteiger partial charge is 0.343 e. The van der Waals surface area contributed by atoms with Crippen molar-refractivity contribution in [1.29, 1.82) is 0 Å². The van der Waals surface area contributed by atoms with Gasteiger partial charge in [-0.15, -0.1) is 0 Å². The van der Waals surface area contributed by atoms with Crippen LogP contribution in [0, 0.1) is 5.82 Å². The Kier molecular flexibility index (Phi) is 3.63. The normalized spacial score (nSPS) is 10.2. The number of benzene rings is 2. The molecular formula is C14H11ClFNO. The predicted octanol–water partition coefficient (Wildman–Crippen LogP) is 4.06. The van der Waals surface area contributed by atoms with Crippen molar-refractivity contribution in [3.63, 3.8) is 0 Å². The molecule has 4 heteroatoms. The van der Waals surface area contributed by atoms with E-state index in [9.17, 15) is 9.18 Å². The van der Waals surface area contributed by atoms with E-state index in [1.54, 1.807) is 42.3 Å². The van der Waals surface area contributed by atoms with Crippen molar-refractivity contribution in [3.05, 3.63) is 58.9 Å². The van der Waals surface area contributed by atoms with Crippen LogP contribution in [0.5, 0.6) is 0 Å². The number of nitrogens with zero attached hydrogens (tertiary/aromatic N) is 1. The zero-order valence-corrected chi connectivity index (χ0v) is 10.5. The summed E-state index contributed by atoms with van der Waals surface area (Å²) >= 11 is 6.10. The molecule has 0 bridgehead atoms. The highest BCUT2D eigenvalue weighted by Gasteiger charge is 2.13. The molecule has 0 unspecified atom stereocenters. The first-order valence-corrected chi connectivity index (χ1v) is 5.74. The zero-order valence-electron chi connectivity index (χ0n) is 9.73. The van der Waals surface area contributed by atoms with E-state index in [0.29, 0.717) is 22.0 Å². The van der Waals surface area contributed by atoms with Gasteiger partial charge in [0.25, 0.3) is 0 Å². The molecule has 18 heavy (non-hydrogen) atoms. The topological polar surface area (TPSA) is 20.3 Å². The monoisotopic (exact) mass is 263 g/mol. The number of hydrogen-bond donors (Lipinski definition) is 0. The van der Waals surface area contributed by atoms with Gasteiger partial charge in [0.15, 0.2) is 6.29 Å². The van der Waals surface area contributed by atoms with Gasteiger partial charge >= 0.3 is 0 Å². The highest BCUT2D eigenvalue weighted by molar-refractivity contribution is 6.34. The Balaban J connectivity index is 2.52. The molecule has 0 heterocycles. The van der Waals surface area contributed by atoms with Gasteiger partial charge in [-0.3, -0.25) is 4.79 Å². The lowest BCUT2D eigenvalue weighted by Crippen LogP contribution is -2.12. The van der Waals surface area contributed by atoms with Crippen molar-refractivity contribution < 1.29 is 9.18 Å². The summed E-state index contributed by atoms with van der Waals surface area (Å²) in [6.07, 6.45) is 0.733. The Hall–Kier alpha value is -1.87. The Morgan fingerprint density at radius 2 is 1.94 bits per heavy atom. The second-order valence-corrected chi connectivity index (χ2v) is 4.24. The van der Waals surface area contributed by atoms with Crippen LogP contribution in [0.4, 0.5) is 15.8 Å². The smallest absolute Gasteiger partial charge is 0.152 e. The molecule has 0 aromatic heterocycles. The molecule has 0 aliphatic carbocycles. The minimum Gasteiger partial charge on any atom is -0.343 e. The van der Waals surface area contributed by atoms with Crippen molar-refractivity contribution in [2.24, 2.45) is 0 Å². The van der Waals surface area contributed by atoms with Crippen molar-refractivity contribution in [2.75, 3.05) is 11.9 Å². The Bertz CT molecular complexity index is 586.